The maximum absolute atomic E-state index is 13.7. The molecule has 1 aliphatic heterocycles. The standard InChI is InChI=1S/C27H27F3N8/c28-26-13-25(14-26,15-26)16-32-4-17-1-2-24-33-19(8-37(24)7-17)9-38-12-23(34-35-38)18-3-20(6-31-5-18)36-10-21-22(11-36)27(21,29)30/h1-3,5-8,12,21-22,32H,4,9-11,13-16H2. The number of halogens is 3. The van der Waals surface area contributed by atoms with Crippen molar-refractivity contribution in [2.24, 2.45) is 17.3 Å². The summed E-state index contributed by atoms with van der Waals surface area (Å²) in [6, 6.07) is 6.00. The van der Waals surface area contributed by atoms with Crippen LogP contribution in [0.4, 0.5) is 18.9 Å². The van der Waals surface area contributed by atoms with Gasteiger partial charge >= 0.3 is 0 Å². The normalized spacial score (nSPS) is 30.2. The Hall–Kier alpha value is -3.47. The van der Waals surface area contributed by atoms with E-state index in [1.54, 1.807) is 17.1 Å². The van der Waals surface area contributed by atoms with Crippen LogP contribution in [0.25, 0.3) is 16.9 Å². The average Bonchev–Trinajstić information content (AvgIpc) is 3.42. The molecule has 4 aromatic rings. The average molecular weight is 521 g/mol. The van der Waals surface area contributed by atoms with Gasteiger partial charge in [0.15, 0.2) is 0 Å². The van der Waals surface area contributed by atoms with E-state index in [4.69, 9.17) is 4.98 Å². The first-order chi connectivity index (χ1) is 18.3. The van der Waals surface area contributed by atoms with Crippen LogP contribution in [0.1, 0.15) is 30.5 Å². The molecule has 4 saturated carbocycles. The number of hydrogen-bond donors (Lipinski definition) is 1. The van der Waals surface area contributed by atoms with Gasteiger partial charge in [0, 0.05) is 50.3 Å². The molecule has 4 aromatic heterocycles. The molecular weight excluding hydrogens is 493 g/mol. The van der Waals surface area contributed by atoms with E-state index in [1.807, 2.05) is 33.8 Å². The van der Waals surface area contributed by atoms with Gasteiger partial charge < -0.3 is 14.6 Å². The van der Waals surface area contributed by atoms with Gasteiger partial charge in [0.25, 0.3) is 5.92 Å². The zero-order chi connectivity index (χ0) is 25.7. The molecule has 0 amide bonds. The quantitative estimate of drug-likeness (QED) is 0.382. The molecule has 2 unspecified atom stereocenters. The summed E-state index contributed by atoms with van der Waals surface area (Å²) >= 11 is 0. The molecule has 196 valence electrons. The van der Waals surface area contributed by atoms with Gasteiger partial charge in [-0.3, -0.25) is 4.98 Å². The predicted molar refractivity (Wildman–Crippen MR) is 134 cm³/mol. The van der Waals surface area contributed by atoms with Gasteiger partial charge in [-0.05, 0) is 42.4 Å². The van der Waals surface area contributed by atoms with Crippen molar-refractivity contribution in [1.29, 1.82) is 0 Å². The van der Waals surface area contributed by atoms with Gasteiger partial charge in [-0.15, -0.1) is 5.10 Å². The van der Waals surface area contributed by atoms with Gasteiger partial charge in [-0.2, -0.15) is 0 Å². The third kappa shape index (κ3) is 3.54. The molecule has 38 heavy (non-hydrogen) atoms. The lowest BCUT2D eigenvalue weighted by molar-refractivity contribution is -0.209. The number of alkyl halides is 3. The summed E-state index contributed by atoms with van der Waals surface area (Å²) in [6.45, 7) is 2.80. The molecule has 2 bridgehead atoms. The second-order valence-electron chi connectivity index (χ2n) is 11.8. The van der Waals surface area contributed by atoms with Gasteiger partial charge in [0.1, 0.15) is 17.0 Å². The van der Waals surface area contributed by atoms with Gasteiger partial charge in [-0.25, -0.2) is 22.8 Å². The Kier molecular flexibility index (Phi) is 4.48. The minimum Gasteiger partial charge on any atom is -0.369 e. The van der Waals surface area contributed by atoms with E-state index in [9.17, 15) is 13.2 Å². The van der Waals surface area contributed by atoms with E-state index >= 15 is 0 Å². The minimum absolute atomic E-state index is 0.196. The van der Waals surface area contributed by atoms with Gasteiger partial charge in [-0.1, -0.05) is 11.3 Å². The van der Waals surface area contributed by atoms with Crippen molar-refractivity contribution in [2.45, 2.75) is 43.9 Å². The molecule has 4 aliphatic carbocycles. The molecule has 5 heterocycles. The van der Waals surface area contributed by atoms with Crippen LogP contribution in [-0.2, 0) is 13.1 Å². The van der Waals surface area contributed by atoms with Crippen LogP contribution in [-0.4, -0.2) is 60.6 Å². The van der Waals surface area contributed by atoms with E-state index in [2.05, 4.69) is 32.9 Å². The van der Waals surface area contributed by atoms with Crippen LogP contribution in [0.3, 0.4) is 0 Å². The molecule has 2 atom stereocenters. The number of rotatable bonds is 8. The summed E-state index contributed by atoms with van der Waals surface area (Å²) in [5.74, 6) is -3.57. The van der Waals surface area contributed by atoms with Crippen molar-refractivity contribution >= 4 is 11.3 Å². The molecular formula is C27H27F3N8. The monoisotopic (exact) mass is 520 g/mol. The maximum Gasteiger partial charge on any atom is 0.258 e. The first kappa shape index (κ1) is 22.5. The van der Waals surface area contributed by atoms with Crippen molar-refractivity contribution in [1.82, 2.24) is 34.7 Å². The maximum atomic E-state index is 13.7. The topological polar surface area (TPSA) is 76.2 Å². The van der Waals surface area contributed by atoms with Crippen molar-refractivity contribution in [3.63, 3.8) is 0 Å². The summed E-state index contributed by atoms with van der Waals surface area (Å²) < 4.78 is 44.6. The number of nitrogens with one attached hydrogen (secondary N) is 1. The largest absolute Gasteiger partial charge is 0.369 e. The summed E-state index contributed by atoms with van der Waals surface area (Å²) in [4.78, 5) is 11.0. The molecule has 0 radical (unpaired) electrons. The van der Waals surface area contributed by atoms with Crippen LogP contribution in [0.15, 0.2) is 49.2 Å². The van der Waals surface area contributed by atoms with Crippen molar-refractivity contribution in [2.75, 3.05) is 24.5 Å². The van der Waals surface area contributed by atoms with E-state index in [-0.39, 0.29) is 5.41 Å². The van der Waals surface area contributed by atoms with E-state index in [0.29, 0.717) is 44.6 Å². The van der Waals surface area contributed by atoms with Crippen molar-refractivity contribution in [3.05, 3.63) is 60.4 Å². The highest BCUT2D eigenvalue weighted by molar-refractivity contribution is 5.63. The highest BCUT2D eigenvalue weighted by atomic mass is 19.3. The second kappa shape index (κ2) is 7.56. The van der Waals surface area contributed by atoms with Crippen LogP contribution in [0, 0.1) is 17.3 Å². The Morgan fingerprint density at radius 1 is 1.00 bits per heavy atom. The molecule has 1 N–H and O–H groups in total. The predicted octanol–water partition coefficient (Wildman–Crippen LogP) is 3.72. The Labute approximate surface area is 216 Å². The van der Waals surface area contributed by atoms with E-state index < -0.39 is 23.4 Å². The lowest BCUT2D eigenvalue weighted by Crippen LogP contribution is -2.67. The molecule has 5 aliphatic rings. The van der Waals surface area contributed by atoms with Crippen molar-refractivity contribution in [3.8, 4) is 11.3 Å². The van der Waals surface area contributed by atoms with E-state index in [1.165, 1.54) is 0 Å². The third-order valence-electron chi connectivity index (χ3n) is 8.91. The highest BCUT2D eigenvalue weighted by Crippen LogP contribution is 2.69. The molecule has 9 rings (SSSR count). The summed E-state index contributed by atoms with van der Waals surface area (Å²) in [7, 11) is 0. The molecule has 0 spiro atoms. The second-order valence-corrected chi connectivity index (χ2v) is 11.8. The lowest BCUT2D eigenvalue weighted by Gasteiger charge is -2.66. The van der Waals surface area contributed by atoms with Gasteiger partial charge in [0.05, 0.1) is 42.2 Å². The van der Waals surface area contributed by atoms with E-state index in [0.717, 1.165) is 41.2 Å². The lowest BCUT2D eigenvalue weighted by atomic mass is 9.42. The molecule has 1 saturated heterocycles. The fourth-order valence-electron chi connectivity index (χ4n) is 6.92. The number of aromatic nitrogens is 6. The first-order valence-electron chi connectivity index (χ1n) is 13.1. The molecule has 8 nitrogen and oxygen atoms in total. The fraction of sp³-hybridized carbons (Fsp3) is 0.481. The van der Waals surface area contributed by atoms with Gasteiger partial charge in [0.2, 0.25) is 0 Å². The summed E-state index contributed by atoms with van der Waals surface area (Å²) in [5, 5.41) is 12.1. The van der Waals surface area contributed by atoms with Crippen LogP contribution in [0.5, 0.6) is 0 Å². The zero-order valence-electron chi connectivity index (χ0n) is 20.7. The molecule has 0 aromatic carbocycles. The number of imidazole rings is 1. The Morgan fingerprint density at radius 3 is 2.61 bits per heavy atom. The number of hydrogen-bond acceptors (Lipinski definition) is 6. The van der Waals surface area contributed by atoms with Crippen LogP contribution in [0.2, 0.25) is 0 Å². The Bertz CT molecular complexity index is 1530. The van der Waals surface area contributed by atoms with Crippen LogP contribution >= 0.6 is 0 Å². The van der Waals surface area contributed by atoms with Crippen LogP contribution < -0.4 is 10.2 Å². The number of anilines is 1. The highest BCUT2D eigenvalue weighted by Gasteiger charge is 2.71. The Morgan fingerprint density at radius 2 is 1.82 bits per heavy atom. The summed E-state index contributed by atoms with van der Waals surface area (Å²) in [5.41, 5.74) is 4.52. The zero-order valence-corrected chi connectivity index (χ0v) is 20.7. The number of fused-ring (bicyclic) bond motifs is 2. The summed E-state index contributed by atoms with van der Waals surface area (Å²) in [6.07, 6.45) is 11.5. The number of piperidine rings is 1. The smallest absolute Gasteiger partial charge is 0.258 e. The first-order valence-corrected chi connectivity index (χ1v) is 13.1. The minimum atomic E-state index is -2.50. The molecule has 11 heteroatoms. The number of pyridine rings is 2. The Balaban J connectivity index is 0.919. The third-order valence-corrected chi connectivity index (χ3v) is 8.91. The van der Waals surface area contributed by atoms with Crippen molar-refractivity contribution < 1.29 is 13.2 Å². The molecule has 5 fully saturated rings. The SMILES string of the molecule is FC12CC(CNCc3ccc4nc(Cn5cc(-c6cncc(N7CC8C(C7)C8(F)F)c6)nn5)cn4c3)(C1)C2. The number of nitrogens with zero attached hydrogens (tertiary/aromatic N) is 7. The fourth-order valence-corrected chi connectivity index (χ4v) is 6.92.